The largest absolute Gasteiger partial charge is 0.480 e. The number of carbonyl (C=O) groups is 2. The average Bonchev–Trinajstić information content (AvgIpc) is 3.18. The zero-order chi connectivity index (χ0) is 19.5. The summed E-state index contributed by atoms with van der Waals surface area (Å²) in [6.45, 7) is 0.503. The van der Waals surface area contributed by atoms with Crippen molar-refractivity contribution in [2.24, 2.45) is 5.92 Å². The number of benzene rings is 2. The third kappa shape index (κ3) is 3.65. The van der Waals surface area contributed by atoms with E-state index in [1.54, 1.807) is 0 Å². The quantitative estimate of drug-likeness (QED) is 0.870. The second-order valence-corrected chi connectivity index (χ2v) is 7.33. The Morgan fingerprint density at radius 2 is 1.82 bits per heavy atom. The van der Waals surface area contributed by atoms with Gasteiger partial charge in [-0.2, -0.15) is 0 Å². The second kappa shape index (κ2) is 7.89. The molecule has 1 N–H and O–H groups in total. The van der Waals surface area contributed by atoms with E-state index in [4.69, 9.17) is 4.74 Å². The molecule has 1 saturated heterocycles. The number of likely N-dealkylation sites (tertiary alicyclic amines) is 1. The van der Waals surface area contributed by atoms with Crippen LogP contribution in [0, 0.1) is 5.92 Å². The summed E-state index contributed by atoms with van der Waals surface area (Å²) < 4.78 is 5.40. The lowest BCUT2D eigenvalue weighted by molar-refractivity contribution is -0.141. The summed E-state index contributed by atoms with van der Waals surface area (Å²) in [5.41, 5.74) is 4.51. The van der Waals surface area contributed by atoms with Gasteiger partial charge in [-0.05, 0) is 41.5 Å². The van der Waals surface area contributed by atoms with Gasteiger partial charge in [-0.25, -0.2) is 9.59 Å². The summed E-state index contributed by atoms with van der Waals surface area (Å²) in [5.74, 6) is -0.976. The fraction of sp³-hybridized carbons (Fsp3) is 0.304. The molecule has 1 unspecified atom stereocenters. The molecule has 1 aliphatic heterocycles. The van der Waals surface area contributed by atoms with Gasteiger partial charge >= 0.3 is 12.1 Å². The van der Waals surface area contributed by atoms with Crippen LogP contribution in [0.15, 0.2) is 60.7 Å². The van der Waals surface area contributed by atoms with Gasteiger partial charge in [-0.3, -0.25) is 4.90 Å². The number of allylic oxidation sites excluding steroid dienone is 1. The molecule has 5 heteroatoms. The predicted octanol–water partition coefficient (Wildman–Crippen LogP) is 4.13. The molecular weight excluding hydrogens is 354 g/mol. The Kier molecular flexibility index (Phi) is 5.15. The van der Waals surface area contributed by atoms with Crippen LogP contribution >= 0.6 is 0 Å². The third-order valence-corrected chi connectivity index (χ3v) is 5.57. The fourth-order valence-electron chi connectivity index (χ4n) is 4.20. The number of carboxylic acid groups (broad SMARTS) is 1. The van der Waals surface area contributed by atoms with E-state index in [0.29, 0.717) is 13.0 Å². The predicted molar refractivity (Wildman–Crippen MR) is 106 cm³/mol. The van der Waals surface area contributed by atoms with Crippen LogP contribution in [0.5, 0.6) is 0 Å². The first-order valence-corrected chi connectivity index (χ1v) is 9.62. The van der Waals surface area contributed by atoms with Crippen LogP contribution in [0.25, 0.3) is 5.57 Å². The van der Waals surface area contributed by atoms with E-state index in [1.165, 1.54) is 16.0 Å². The summed E-state index contributed by atoms with van der Waals surface area (Å²) in [7, 11) is 0. The minimum atomic E-state index is -0.983. The maximum Gasteiger partial charge on any atom is 0.410 e. The lowest BCUT2D eigenvalue weighted by Gasteiger charge is -2.23. The Morgan fingerprint density at radius 1 is 1.07 bits per heavy atom. The molecule has 2 aromatic carbocycles. The summed E-state index contributed by atoms with van der Waals surface area (Å²) >= 11 is 0. The fourth-order valence-corrected chi connectivity index (χ4v) is 4.20. The first-order chi connectivity index (χ1) is 13.6. The highest BCUT2D eigenvalue weighted by Gasteiger charge is 2.42. The van der Waals surface area contributed by atoms with E-state index in [1.807, 2.05) is 42.5 Å². The molecule has 0 spiro atoms. The highest BCUT2D eigenvalue weighted by molar-refractivity contribution is 5.83. The molecular formula is C23H23NO4. The van der Waals surface area contributed by atoms with Gasteiger partial charge in [0.2, 0.25) is 0 Å². The van der Waals surface area contributed by atoms with E-state index in [0.717, 1.165) is 24.0 Å². The van der Waals surface area contributed by atoms with E-state index >= 15 is 0 Å². The molecule has 1 fully saturated rings. The normalized spacial score (nSPS) is 21.0. The molecule has 0 aromatic heterocycles. The number of nitrogens with zero attached hydrogens (tertiary/aromatic N) is 1. The number of aliphatic carboxylic acids is 1. The maximum atomic E-state index is 12.6. The minimum Gasteiger partial charge on any atom is -0.480 e. The van der Waals surface area contributed by atoms with Crippen LogP contribution in [-0.4, -0.2) is 34.7 Å². The Morgan fingerprint density at radius 3 is 2.61 bits per heavy atom. The molecule has 5 nitrogen and oxygen atoms in total. The van der Waals surface area contributed by atoms with Crippen molar-refractivity contribution >= 4 is 17.6 Å². The number of hydrogen-bond donors (Lipinski definition) is 1. The van der Waals surface area contributed by atoms with Crippen molar-refractivity contribution in [2.75, 3.05) is 6.54 Å². The molecule has 1 heterocycles. The molecule has 2 atom stereocenters. The first kappa shape index (κ1) is 18.3. The highest BCUT2D eigenvalue weighted by Crippen LogP contribution is 2.38. The number of carbonyl (C=O) groups excluding carboxylic acids is 1. The molecule has 0 bridgehead atoms. The van der Waals surface area contributed by atoms with Crippen molar-refractivity contribution in [1.29, 1.82) is 0 Å². The maximum absolute atomic E-state index is 12.6. The van der Waals surface area contributed by atoms with Crippen molar-refractivity contribution in [2.45, 2.75) is 31.9 Å². The lowest BCUT2D eigenvalue weighted by Crippen LogP contribution is -2.40. The van der Waals surface area contributed by atoms with Crippen LogP contribution in [0.3, 0.4) is 0 Å². The topological polar surface area (TPSA) is 66.8 Å². The van der Waals surface area contributed by atoms with Gasteiger partial charge in [-0.15, -0.1) is 0 Å². The Labute approximate surface area is 164 Å². The summed E-state index contributed by atoms with van der Waals surface area (Å²) in [4.78, 5) is 25.8. The van der Waals surface area contributed by atoms with Gasteiger partial charge in [0.25, 0.3) is 0 Å². The monoisotopic (exact) mass is 377 g/mol. The van der Waals surface area contributed by atoms with Crippen LogP contribution in [0.4, 0.5) is 4.79 Å². The Hall–Kier alpha value is -3.08. The van der Waals surface area contributed by atoms with Gasteiger partial charge in [0.15, 0.2) is 0 Å². The van der Waals surface area contributed by atoms with Gasteiger partial charge in [0.1, 0.15) is 12.6 Å². The van der Waals surface area contributed by atoms with E-state index < -0.39 is 18.1 Å². The molecule has 1 amide bonds. The molecule has 144 valence electrons. The standard InChI is InChI=1S/C23H23NO4/c25-22(26)21-13-18(20-12-6-10-17-9-4-5-11-19(17)20)14-24(21)23(27)28-15-16-7-2-1-3-8-16/h1-5,7-9,11-12,18,21H,6,10,13-15H2,(H,25,26)/t18?,21-/m0/s1. The smallest absolute Gasteiger partial charge is 0.410 e. The van der Waals surface area contributed by atoms with E-state index in [9.17, 15) is 14.7 Å². The minimum absolute atomic E-state index is 0.00632. The van der Waals surface area contributed by atoms with Crippen molar-refractivity contribution < 1.29 is 19.4 Å². The number of rotatable bonds is 4. The van der Waals surface area contributed by atoms with Crippen molar-refractivity contribution in [3.8, 4) is 0 Å². The number of aryl methyl sites for hydroxylation is 1. The highest BCUT2D eigenvalue weighted by atomic mass is 16.6. The molecule has 4 rings (SSSR count). The first-order valence-electron chi connectivity index (χ1n) is 9.62. The number of carboxylic acids is 1. The molecule has 0 saturated carbocycles. The SMILES string of the molecule is O=C(O)[C@@H]1CC(C2=CCCc3ccccc32)CN1C(=O)OCc1ccccc1. The van der Waals surface area contributed by atoms with Gasteiger partial charge in [0.05, 0.1) is 0 Å². The Balaban J connectivity index is 1.50. The molecule has 2 aromatic rings. The van der Waals surface area contributed by atoms with Gasteiger partial charge < -0.3 is 9.84 Å². The van der Waals surface area contributed by atoms with Crippen LogP contribution in [0.2, 0.25) is 0 Å². The van der Waals surface area contributed by atoms with Crippen LogP contribution < -0.4 is 0 Å². The lowest BCUT2D eigenvalue weighted by atomic mass is 9.83. The zero-order valence-corrected chi connectivity index (χ0v) is 15.6. The van der Waals surface area contributed by atoms with Crippen LogP contribution in [-0.2, 0) is 22.6 Å². The van der Waals surface area contributed by atoms with Crippen molar-refractivity contribution in [3.05, 3.63) is 77.4 Å². The number of amides is 1. The van der Waals surface area contributed by atoms with Crippen molar-refractivity contribution in [1.82, 2.24) is 4.90 Å². The molecule has 2 aliphatic rings. The third-order valence-electron chi connectivity index (χ3n) is 5.57. The van der Waals surface area contributed by atoms with E-state index in [-0.39, 0.29) is 12.5 Å². The summed E-state index contributed by atoms with van der Waals surface area (Å²) in [5, 5.41) is 9.66. The molecule has 28 heavy (non-hydrogen) atoms. The number of hydrogen-bond acceptors (Lipinski definition) is 3. The van der Waals surface area contributed by atoms with Crippen LogP contribution in [0.1, 0.15) is 29.5 Å². The zero-order valence-electron chi connectivity index (χ0n) is 15.6. The molecule has 0 radical (unpaired) electrons. The summed E-state index contributed by atoms with van der Waals surface area (Å²) in [6.07, 6.45) is 3.99. The van der Waals surface area contributed by atoms with Gasteiger partial charge in [0, 0.05) is 12.5 Å². The summed E-state index contributed by atoms with van der Waals surface area (Å²) in [6, 6.07) is 16.8. The van der Waals surface area contributed by atoms with Gasteiger partial charge in [-0.1, -0.05) is 60.7 Å². The number of fused-ring (bicyclic) bond motifs is 1. The number of ether oxygens (including phenoxy) is 1. The average molecular weight is 377 g/mol. The second-order valence-electron chi connectivity index (χ2n) is 7.33. The Bertz CT molecular complexity index is 906. The molecule has 1 aliphatic carbocycles. The van der Waals surface area contributed by atoms with Crippen molar-refractivity contribution in [3.63, 3.8) is 0 Å². The van der Waals surface area contributed by atoms with E-state index in [2.05, 4.69) is 18.2 Å².